The van der Waals surface area contributed by atoms with Crippen LogP contribution in [0.4, 0.5) is 23.2 Å². The van der Waals surface area contributed by atoms with Gasteiger partial charge in [-0.05, 0) is 67.8 Å². The van der Waals surface area contributed by atoms with Crippen LogP contribution in [0.1, 0.15) is 44.7 Å². The van der Waals surface area contributed by atoms with Crippen molar-refractivity contribution >= 4 is 27.5 Å². The highest BCUT2D eigenvalue weighted by atomic mass is 32.2. The molecule has 0 fully saturated rings. The van der Waals surface area contributed by atoms with E-state index in [0.717, 1.165) is 12.1 Å². The van der Waals surface area contributed by atoms with Gasteiger partial charge in [-0.15, -0.1) is 0 Å². The van der Waals surface area contributed by atoms with Gasteiger partial charge in [-0.1, -0.05) is 50.2 Å². The molecule has 2 atom stereocenters. The molecular formula is C30H33F4N3O4S. The van der Waals surface area contributed by atoms with E-state index in [-0.39, 0.29) is 29.6 Å². The molecule has 0 aliphatic carbocycles. The Morgan fingerprint density at radius 2 is 1.55 bits per heavy atom. The van der Waals surface area contributed by atoms with Crippen LogP contribution >= 0.6 is 0 Å². The summed E-state index contributed by atoms with van der Waals surface area (Å²) in [6, 6.07) is 14.7. The maximum absolute atomic E-state index is 14.0. The van der Waals surface area contributed by atoms with E-state index in [1.807, 2.05) is 6.92 Å². The second-order valence-corrected chi connectivity index (χ2v) is 11.6. The molecule has 0 aliphatic heterocycles. The zero-order valence-corrected chi connectivity index (χ0v) is 24.3. The summed E-state index contributed by atoms with van der Waals surface area (Å²) < 4.78 is 82.4. The Bertz CT molecular complexity index is 1470. The molecule has 3 aromatic rings. The Kier molecular flexibility index (Phi) is 10.7. The molecule has 0 radical (unpaired) electrons. The Morgan fingerprint density at radius 3 is 2.12 bits per heavy atom. The van der Waals surface area contributed by atoms with Gasteiger partial charge >= 0.3 is 6.18 Å². The lowest BCUT2D eigenvalue weighted by molar-refractivity contribution is -0.140. The molecule has 0 bridgehead atoms. The van der Waals surface area contributed by atoms with Gasteiger partial charge < -0.3 is 10.2 Å². The van der Waals surface area contributed by atoms with Crippen LogP contribution in [0.3, 0.4) is 0 Å². The van der Waals surface area contributed by atoms with Crippen LogP contribution in [-0.4, -0.2) is 43.8 Å². The normalized spacial score (nSPS) is 13.2. The lowest BCUT2D eigenvalue weighted by atomic mass is 10.1. The molecule has 0 saturated carbocycles. The molecule has 12 heteroatoms. The smallest absolute Gasteiger partial charge is 0.352 e. The van der Waals surface area contributed by atoms with E-state index in [4.69, 9.17) is 0 Å². The van der Waals surface area contributed by atoms with Crippen molar-refractivity contribution in [2.45, 2.75) is 63.3 Å². The molecule has 1 N–H and O–H groups in total. The molecule has 0 aliphatic rings. The molecule has 0 unspecified atom stereocenters. The van der Waals surface area contributed by atoms with Crippen LogP contribution in [0.25, 0.3) is 0 Å². The van der Waals surface area contributed by atoms with Crippen molar-refractivity contribution in [3.63, 3.8) is 0 Å². The number of anilines is 1. The summed E-state index contributed by atoms with van der Waals surface area (Å²) in [6.45, 7) is 4.27. The highest BCUT2D eigenvalue weighted by Gasteiger charge is 2.36. The first kappa shape index (κ1) is 32.6. The van der Waals surface area contributed by atoms with Crippen LogP contribution in [0.15, 0.2) is 83.8 Å². The SMILES string of the molecule is CC[C@@H](C)NC(=O)[C@H](CC)N(Cc1ccc(F)cc1)C(=O)CN(c1cccc(C(F)(F)F)c1)S(=O)(=O)c1ccccc1. The fraction of sp³-hybridized carbons (Fsp3) is 0.333. The van der Waals surface area contributed by atoms with E-state index < -0.39 is 52.0 Å². The summed E-state index contributed by atoms with van der Waals surface area (Å²) in [4.78, 5) is 28.1. The van der Waals surface area contributed by atoms with Crippen molar-refractivity contribution < 1.29 is 35.6 Å². The van der Waals surface area contributed by atoms with Crippen molar-refractivity contribution in [2.75, 3.05) is 10.8 Å². The molecule has 2 amide bonds. The summed E-state index contributed by atoms with van der Waals surface area (Å²) in [7, 11) is -4.53. The number of halogens is 4. The standard InChI is InChI=1S/C30H33F4N3O4S/c1-4-21(3)35-29(39)27(5-2)36(19-22-14-16-24(31)17-15-22)28(38)20-37(42(40,41)26-12-7-6-8-13-26)25-11-9-10-23(18-25)30(32,33)34/h6-18,21,27H,4-5,19-20H2,1-3H3,(H,35,39)/t21-,27+/m1/s1. The van der Waals surface area contributed by atoms with Crippen molar-refractivity contribution in [2.24, 2.45) is 0 Å². The van der Waals surface area contributed by atoms with E-state index in [1.54, 1.807) is 19.9 Å². The first-order valence-corrected chi connectivity index (χ1v) is 14.8. The number of carbonyl (C=O) groups excluding carboxylic acids is 2. The summed E-state index contributed by atoms with van der Waals surface area (Å²) >= 11 is 0. The van der Waals surface area contributed by atoms with Gasteiger partial charge in [0.05, 0.1) is 16.1 Å². The summed E-state index contributed by atoms with van der Waals surface area (Å²) in [5.41, 5.74) is -1.000. The highest BCUT2D eigenvalue weighted by Crippen LogP contribution is 2.33. The lowest BCUT2D eigenvalue weighted by Gasteiger charge is -2.33. The van der Waals surface area contributed by atoms with Crippen molar-refractivity contribution in [1.82, 2.24) is 10.2 Å². The molecular weight excluding hydrogens is 574 g/mol. The van der Waals surface area contributed by atoms with Crippen LogP contribution in [-0.2, 0) is 32.3 Å². The summed E-state index contributed by atoms with van der Waals surface area (Å²) in [5.74, 6) is -1.82. The molecule has 7 nitrogen and oxygen atoms in total. The van der Waals surface area contributed by atoms with Crippen molar-refractivity contribution in [3.05, 3.63) is 95.8 Å². The van der Waals surface area contributed by atoms with Gasteiger partial charge in [0.25, 0.3) is 10.0 Å². The number of benzene rings is 3. The Hall–Kier alpha value is -3.93. The Labute approximate surface area is 243 Å². The number of alkyl halides is 3. The van der Waals surface area contributed by atoms with Gasteiger partial charge in [0, 0.05) is 12.6 Å². The van der Waals surface area contributed by atoms with Crippen LogP contribution < -0.4 is 9.62 Å². The second kappa shape index (κ2) is 13.8. The molecule has 226 valence electrons. The minimum Gasteiger partial charge on any atom is -0.352 e. The lowest BCUT2D eigenvalue weighted by Crippen LogP contribution is -2.53. The fourth-order valence-electron chi connectivity index (χ4n) is 4.23. The zero-order chi connectivity index (χ0) is 31.1. The Balaban J connectivity index is 2.10. The molecule has 0 spiro atoms. The van der Waals surface area contributed by atoms with E-state index in [0.29, 0.717) is 22.4 Å². The van der Waals surface area contributed by atoms with E-state index in [9.17, 15) is 35.6 Å². The third-order valence-corrected chi connectivity index (χ3v) is 8.51. The van der Waals surface area contributed by atoms with Crippen LogP contribution in [0, 0.1) is 5.82 Å². The van der Waals surface area contributed by atoms with Crippen LogP contribution in [0.2, 0.25) is 0 Å². The molecule has 0 saturated heterocycles. The molecule has 42 heavy (non-hydrogen) atoms. The predicted molar refractivity (Wildman–Crippen MR) is 151 cm³/mol. The fourth-order valence-corrected chi connectivity index (χ4v) is 5.66. The predicted octanol–water partition coefficient (Wildman–Crippen LogP) is 5.76. The summed E-state index contributed by atoms with van der Waals surface area (Å²) in [6.07, 6.45) is -3.99. The number of sulfonamides is 1. The molecule has 0 aromatic heterocycles. The van der Waals surface area contributed by atoms with Crippen LogP contribution in [0.5, 0.6) is 0 Å². The number of carbonyl (C=O) groups is 2. The number of amides is 2. The Morgan fingerprint density at radius 1 is 0.905 bits per heavy atom. The molecule has 3 rings (SSSR count). The summed E-state index contributed by atoms with van der Waals surface area (Å²) in [5, 5.41) is 2.83. The number of hydrogen-bond acceptors (Lipinski definition) is 4. The first-order chi connectivity index (χ1) is 19.8. The third-order valence-electron chi connectivity index (χ3n) is 6.72. The number of nitrogens with one attached hydrogen (secondary N) is 1. The maximum Gasteiger partial charge on any atom is 0.416 e. The largest absolute Gasteiger partial charge is 0.416 e. The van der Waals surface area contributed by atoms with Gasteiger partial charge in [-0.25, -0.2) is 12.8 Å². The topological polar surface area (TPSA) is 86.8 Å². The average molecular weight is 608 g/mol. The average Bonchev–Trinajstić information content (AvgIpc) is 2.96. The van der Waals surface area contributed by atoms with Gasteiger partial charge in [0.1, 0.15) is 18.4 Å². The first-order valence-electron chi connectivity index (χ1n) is 13.4. The van der Waals surface area contributed by atoms with Gasteiger partial charge in [0.15, 0.2) is 0 Å². The number of nitrogens with zero attached hydrogens (tertiary/aromatic N) is 2. The van der Waals surface area contributed by atoms with Crippen molar-refractivity contribution in [1.29, 1.82) is 0 Å². The second-order valence-electron chi connectivity index (χ2n) is 9.76. The van der Waals surface area contributed by atoms with Gasteiger partial charge in [-0.2, -0.15) is 13.2 Å². The van der Waals surface area contributed by atoms with Gasteiger partial charge in [-0.3, -0.25) is 13.9 Å². The maximum atomic E-state index is 14.0. The minimum atomic E-state index is -4.77. The number of hydrogen-bond donors (Lipinski definition) is 1. The minimum absolute atomic E-state index is 0.157. The third kappa shape index (κ3) is 8.09. The van der Waals surface area contributed by atoms with E-state index in [1.165, 1.54) is 59.5 Å². The zero-order valence-electron chi connectivity index (χ0n) is 23.4. The highest BCUT2D eigenvalue weighted by molar-refractivity contribution is 7.92. The van der Waals surface area contributed by atoms with Crippen molar-refractivity contribution in [3.8, 4) is 0 Å². The quantitative estimate of drug-likeness (QED) is 0.265. The molecule has 3 aromatic carbocycles. The van der Waals surface area contributed by atoms with E-state index >= 15 is 0 Å². The van der Waals surface area contributed by atoms with E-state index in [2.05, 4.69) is 5.32 Å². The molecule has 0 heterocycles. The number of rotatable bonds is 12. The monoisotopic (exact) mass is 607 g/mol. The van der Waals surface area contributed by atoms with Gasteiger partial charge in [0.2, 0.25) is 11.8 Å².